The highest BCUT2D eigenvalue weighted by atomic mass is 16.3. The van der Waals surface area contributed by atoms with Crippen LogP contribution in [0.5, 0.6) is 0 Å². The second-order valence-corrected chi connectivity index (χ2v) is 7.40. The summed E-state index contributed by atoms with van der Waals surface area (Å²) in [6.45, 7) is 4.95. The topological polar surface area (TPSA) is 69.6 Å². The predicted molar refractivity (Wildman–Crippen MR) is 89.8 cm³/mol. The molecule has 2 amide bonds. The lowest BCUT2D eigenvalue weighted by molar-refractivity contribution is -0.137. The smallest absolute Gasteiger partial charge is 0.244 e. The van der Waals surface area contributed by atoms with Crippen LogP contribution in [0.15, 0.2) is 0 Å². The average Bonchev–Trinajstić information content (AvgIpc) is 2.55. The first kappa shape index (κ1) is 18.2. The number of hydrogen-bond donors (Lipinski definition) is 2. The molecule has 1 aliphatic carbocycles. The van der Waals surface area contributed by atoms with Crippen molar-refractivity contribution in [2.24, 2.45) is 11.8 Å². The van der Waals surface area contributed by atoms with Crippen LogP contribution in [0.1, 0.15) is 65.2 Å². The minimum absolute atomic E-state index is 0.00559. The van der Waals surface area contributed by atoms with Crippen LogP contribution in [0.2, 0.25) is 0 Å². The molecular formula is C18H32N2O3. The van der Waals surface area contributed by atoms with Gasteiger partial charge in [0.1, 0.15) is 6.04 Å². The molecule has 1 saturated heterocycles. The highest BCUT2D eigenvalue weighted by molar-refractivity contribution is 5.87. The van der Waals surface area contributed by atoms with Crippen LogP contribution in [-0.2, 0) is 9.59 Å². The number of aliphatic hydroxyl groups excluding tert-OH is 1. The van der Waals surface area contributed by atoms with Crippen molar-refractivity contribution in [2.45, 2.75) is 77.4 Å². The van der Waals surface area contributed by atoms with E-state index in [4.69, 9.17) is 0 Å². The molecule has 5 nitrogen and oxygen atoms in total. The van der Waals surface area contributed by atoms with Gasteiger partial charge < -0.3 is 15.3 Å². The third kappa shape index (κ3) is 5.48. The van der Waals surface area contributed by atoms with E-state index in [1.807, 2.05) is 11.8 Å². The molecule has 0 aromatic carbocycles. The van der Waals surface area contributed by atoms with Crippen molar-refractivity contribution in [1.29, 1.82) is 0 Å². The largest absolute Gasteiger partial charge is 0.393 e. The van der Waals surface area contributed by atoms with Crippen molar-refractivity contribution >= 4 is 11.8 Å². The SMILES string of the molecule is CC(NC(=O)CC1CCCCC1)C(=O)N1CCC(C(C)O)CC1. The molecule has 0 aromatic rings. The number of hydrogen-bond acceptors (Lipinski definition) is 3. The van der Waals surface area contributed by atoms with Crippen LogP contribution in [0.3, 0.4) is 0 Å². The summed E-state index contributed by atoms with van der Waals surface area (Å²) in [6, 6.07) is -0.450. The molecule has 5 heteroatoms. The van der Waals surface area contributed by atoms with E-state index in [1.165, 1.54) is 19.3 Å². The number of amides is 2. The van der Waals surface area contributed by atoms with E-state index in [0.717, 1.165) is 25.7 Å². The summed E-state index contributed by atoms with van der Waals surface area (Å²) in [5, 5.41) is 12.5. The molecular weight excluding hydrogens is 292 g/mol. The normalized spacial score (nSPS) is 23.3. The van der Waals surface area contributed by atoms with Gasteiger partial charge in [-0.2, -0.15) is 0 Å². The van der Waals surface area contributed by atoms with Gasteiger partial charge in [-0.3, -0.25) is 9.59 Å². The average molecular weight is 324 g/mol. The van der Waals surface area contributed by atoms with Crippen LogP contribution in [0.25, 0.3) is 0 Å². The van der Waals surface area contributed by atoms with Gasteiger partial charge in [-0.25, -0.2) is 0 Å². The summed E-state index contributed by atoms with van der Waals surface area (Å²) < 4.78 is 0. The van der Waals surface area contributed by atoms with Gasteiger partial charge >= 0.3 is 0 Å². The Labute approximate surface area is 139 Å². The van der Waals surface area contributed by atoms with Gasteiger partial charge in [-0.1, -0.05) is 19.3 Å². The maximum atomic E-state index is 12.5. The summed E-state index contributed by atoms with van der Waals surface area (Å²) in [5.41, 5.74) is 0. The molecule has 0 bridgehead atoms. The Morgan fingerprint density at radius 2 is 1.70 bits per heavy atom. The zero-order chi connectivity index (χ0) is 16.8. The Hall–Kier alpha value is -1.10. The van der Waals surface area contributed by atoms with Gasteiger partial charge in [0.25, 0.3) is 0 Å². The summed E-state index contributed by atoms with van der Waals surface area (Å²) in [4.78, 5) is 26.4. The van der Waals surface area contributed by atoms with Crippen molar-refractivity contribution in [1.82, 2.24) is 10.2 Å². The quantitative estimate of drug-likeness (QED) is 0.813. The molecule has 2 rings (SSSR count). The summed E-state index contributed by atoms with van der Waals surface area (Å²) in [6.07, 6.45) is 7.95. The fourth-order valence-corrected chi connectivity index (χ4v) is 3.89. The van der Waals surface area contributed by atoms with E-state index in [0.29, 0.717) is 25.4 Å². The molecule has 0 spiro atoms. The van der Waals surface area contributed by atoms with Gasteiger partial charge in [-0.05, 0) is 51.4 Å². The molecule has 2 aliphatic rings. The summed E-state index contributed by atoms with van der Waals surface area (Å²) >= 11 is 0. The van der Waals surface area contributed by atoms with Gasteiger partial charge in [-0.15, -0.1) is 0 Å². The fraction of sp³-hybridized carbons (Fsp3) is 0.889. The van der Waals surface area contributed by atoms with E-state index < -0.39 is 6.04 Å². The molecule has 23 heavy (non-hydrogen) atoms. The highest BCUT2D eigenvalue weighted by Gasteiger charge is 2.28. The predicted octanol–water partition coefficient (Wildman–Crippen LogP) is 2.08. The Morgan fingerprint density at radius 3 is 2.26 bits per heavy atom. The van der Waals surface area contributed by atoms with Crippen LogP contribution in [0.4, 0.5) is 0 Å². The van der Waals surface area contributed by atoms with Crippen LogP contribution >= 0.6 is 0 Å². The standard InChI is InChI=1S/C18H32N2O3/c1-13(19-17(22)12-15-6-4-3-5-7-15)18(23)20-10-8-16(9-11-20)14(2)21/h13-16,21H,3-12H2,1-2H3,(H,19,22). The Bertz CT molecular complexity index is 397. The Morgan fingerprint density at radius 1 is 1.09 bits per heavy atom. The second kappa shape index (κ2) is 8.67. The van der Waals surface area contributed by atoms with E-state index in [1.54, 1.807) is 6.92 Å². The Balaban J connectivity index is 1.73. The minimum Gasteiger partial charge on any atom is -0.393 e. The van der Waals surface area contributed by atoms with Crippen LogP contribution < -0.4 is 5.32 Å². The lowest BCUT2D eigenvalue weighted by atomic mass is 9.87. The summed E-state index contributed by atoms with van der Waals surface area (Å²) in [7, 11) is 0. The molecule has 1 saturated carbocycles. The maximum absolute atomic E-state index is 12.5. The van der Waals surface area contributed by atoms with E-state index >= 15 is 0 Å². The third-order valence-electron chi connectivity index (χ3n) is 5.48. The first-order valence-electron chi connectivity index (χ1n) is 9.23. The summed E-state index contributed by atoms with van der Waals surface area (Å²) in [5.74, 6) is 0.797. The maximum Gasteiger partial charge on any atom is 0.244 e. The highest BCUT2D eigenvalue weighted by Crippen LogP contribution is 2.26. The first-order chi connectivity index (χ1) is 11.0. The lowest BCUT2D eigenvalue weighted by Gasteiger charge is -2.34. The molecule has 2 N–H and O–H groups in total. The number of nitrogens with one attached hydrogen (secondary N) is 1. The zero-order valence-corrected chi connectivity index (χ0v) is 14.6. The molecule has 1 heterocycles. The molecule has 1 aliphatic heterocycles. The van der Waals surface area contributed by atoms with Crippen LogP contribution in [-0.4, -0.2) is 47.1 Å². The third-order valence-corrected chi connectivity index (χ3v) is 5.48. The van der Waals surface area contributed by atoms with Crippen molar-refractivity contribution in [3.63, 3.8) is 0 Å². The van der Waals surface area contributed by atoms with Crippen LogP contribution in [0, 0.1) is 11.8 Å². The van der Waals surface area contributed by atoms with Gasteiger partial charge in [0.05, 0.1) is 6.10 Å². The number of carbonyl (C=O) groups excluding carboxylic acids is 2. The number of piperidine rings is 1. The number of rotatable bonds is 5. The van der Waals surface area contributed by atoms with Crippen molar-refractivity contribution in [2.75, 3.05) is 13.1 Å². The first-order valence-corrected chi connectivity index (χ1v) is 9.23. The van der Waals surface area contributed by atoms with Crippen molar-refractivity contribution in [3.05, 3.63) is 0 Å². The van der Waals surface area contributed by atoms with Crippen molar-refractivity contribution in [3.8, 4) is 0 Å². The van der Waals surface area contributed by atoms with E-state index in [2.05, 4.69) is 5.32 Å². The van der Waals surface area contributed by atoms with Gasteiger partial charge in [0.15, 0.2) is 0 Å². The van der Waals surface area contributed by atoms with E-state index in [9.17, 15) is 14.7 Å². The number of nitrogens with zero attached hydrogens (tertiary/aromatic N) is 1. The molecule has 2 unspecified atom stereocenters. The monoisotopic (exact) mass is 324 g/mol. The fourth-order valence-electron chi connectivity index (χ4n) is 3.89. The number of carbonyl (C=O) groups is 2. The van der Waals surface area contributed by atoms with Gasteiger partial charge in [0, 0.05) is 19.5 Å². The minimum atomic E-state index is -0.450. The molecule has 0 radical (unpaired) electrons. The molecule has 2 fully saturated rings. The number of aliphatic hydroxyl groups is 1. The molecule has 0 aromatic heterocycles. The zero-order valence-electron chi connectivity index (χ0n) is 14.6. The van der Waals surface area contributed by atoms with E-state index in [-0.39, 0.29) is 23.8 Å². The molecule has 2 atom stereocenters. The van der Waals surface area contributed by atoms with Crippen molar-refractivity contribution < 1.29 is 14.7 Å². The Kier molecular flexibility index (Phi) is 6.88. The molecule has 132 valence electrons. The van der Waals surface area contributed by atoms with Gasteiger partial charge in [0.2, 0.25) is 11.8 Å². The number of likely N-dealkylation sites (tertiary alicyclic amines) is 1. The second-order valence-electron chi connectivity index (χ2n) is 7.40. The lowest BCUT2D eigenvalue weighted by Crippen LogP contribution is -2.50.